The monoisotopic (exact) mass is 455 g/mol. The zero-order chi connectivity index (χ0) is 24.2. The molecule has 1 amide bonds. The Balaban J connectivity index is 1.72. The van der Waals surface area contributed by atoms with Crippen molar-refractivity contribution in [1.29, 1.82) is 5.26 Å². The zero-order valence-electron chi connectivity index (χ0n) is 18.7. The van der Waals surface area contributed by atoms with Gasteiger partial charge in [0.15, 0.2) is 0 Å². The quantitative estimate of drug-likeness (QED) is 0.475. The maximum absolute atomic E-state index is 13.3. The van der Waals surface area contributed by atoms with Gasteiger partial charge >= 0.3 is 0 Å². The molecule has 170 valence electrons. The normalized spacial score (nSPS) is 10.9. The van der Waals surface area contributed by atoms with Crippen molar-refractivity contribution < 1.29 is 9.18 Å². The van der Waals surface area contributed by atoms with Crippen molar-refractivity contribution in [2.45, 2.75) is 32.9 Å². The van der Waals surface area contributed by atoms with E-state index < -0.39 is 17.3 Å². The number of carbonyl (C=O) groups is 1. The van der Waals surface area contributed by atoms with E-state index in [1.54, 1.807) is 36.5 Å². The Morgan fingerprint density at radius 2 is 1.88 bits per heavy atom. The Morgan fingerprint density at radius 3 is 2.53 bits per heavy atom. The number of amides is 1. The molecule has 1 aromatic carbocycles. The minimum Gasteiger partial charge on any atom is -0.348 e. The van der Waals surface area contributed by atoms with E-state index in [-0.39, 0.29) is 24.6 Å². The number of benzene rings is 1. The van der Waals surface area contributed by atoms with Gasteiger partial charge in [-0.15, -0.1) is 0 Å². The lowest BCUT2D eigenvalue weighted by atomic mass is 10.0. The number of nitrogens with zero attached hydrogens (tertiary/aromatic N) is 4. The average molecular weight is 455 g/mol. The Morgan fingerprint density at radius 1 is 1.12 bits per heavy atom. The second-order valence-corrected chi connectivity index (χ2v) is 8.24. The molecule has 0 atom stereocenters. The first kappa shape index (κ1) is 22.8. The largest absolute Gasteiger partial charge is 0.348 e. The van der Waals surface area contributed by atoms with Gasteiger partial charge in [0.05, 0.1) is 30.1 Å². The molecule has 0 saturated carbocycles. The standard InChI is InChI=1S/C26H22FN5O2/c1-16(2)20-9-19-10-23(25(33)31-12-18-5-3-17(11-28)4-6-18)26(34)32(24(19)30-13-20)15-22-8-7-21(27)14-29-22/h3-10,13-14,16H,12,15H2,1-2H3,(H,31,33). The first-order chi connectivity index (χ1) is 16.4. The van der Waals surface area contributed by atoms with Gasteiger partial charge in [-0.3, -0.25) is 19.1 Å². The highest BCUT2D eigenvalue weighted by Crippen LogP contribution is 2.20. The van der Waals surface area contributed by atoms with Crippen molar-refractivity contribution >= 4 is 16.9 Å². The molecule has 3 heterocycles. The van der Waals surface area contributed by atoms with Crippen LogP contribution in [0.4, 0.5) is 4.39 Å². The number of hydrogen-bond acceptors (Lipinski definition) is 5. The Hall–Kier alpha value is -4.38. The Labute approximate surface area is 195 Å². The lowest BCUT2D eigenvalue weighted by molar-refractivity contribution is 0.0949. The van der Waals surface area contributed by atoms with E-state index in [4.69, 9.17) is 5.26 Å². The van der Waals surface area contributed by atoms with Crippen LogP contribution < -0.4 is 10.9 Å². The molecule has 34 heavy (non-hydrogen) atoms. The molecule has 8 heteroatoms. The van der Waals surface area contributed by atoms with Crippen LogP contribution in [0.15, 0.2) is 65.7 Å². The number of halogens is 1. The molecular weight excluding hydrogens is 433 g/mol. The lowest BCUT2D eigenvalue weighted by Crippen LogP contribution is -2.33. The molecule has 0 saturated heterocycles. The minimum absolute atomic E-state index is 0.0223. The summed E-state index contributed by atoms with van der Waals surface area (Å²) in [5.41, 5.74) is 2.65. The van der Waals surface area contributed by atoms with Gasteiger partial charge in [-0.05, 0) is 53.4 Å². The Kier molecular flexibility index (Phi) is 6.46. The number of aromatic nitrogens is 3. The van der Waals surface area contributed by atoms with Gasteiger partial charge in [0.25, 0.3) is 11.5 Å². The van der Waals surface area contributed by atoms with Crippen molar-refractivity contribution in [3.05, 3.63) is 105 Å². The molecule has 7 nitrogen and oxygen atoms in total. The minimum atomic E-state index is -0.521. The van der Waals surface area contributed by atoms with Crippen LogP contribution in [0.1, 0.15) is 52.5 Å². The van der Waals surface area contributed by atoms with Crippen LogP contribution in [0.3, 0.4) is 0 Å². The van der Waals surface area contributed by atoms with E-state index in [9.17, 15) is 14.0 Å². The van der Waals surface area contributed by atoms with Crippen molar-refractivity contribution in [2.24, 2.45) is 0 Å². The van der Waals surface area contributed by atoms with Crippen LogP contribution in [0.25, 0.3) is 11.0 Å². The third kappa shape index (κ3) is 4.84. The summed E-state index contributed by atoms with van der Waals surface area (Å²) in [7, 11) is 0. The molecule has 0 radical (unpaired) electrons. The summed E-state index contributed by atoms with van der Waals surface area (Å²) in [5, 5.41) is 12.3. The number of carbonyl (C=O) groups excluding carboxylic acids is 1. The van der Waals surface area contributed by atoms with Gasteiger partial charge in [0.1, 0.15) is 17.0 Å². The SMILES string of the molecule is CC(C)c1cnc2c(c1)cc(C(=O)NCc1ccc(C#N)cc1)c(=O)n2Cc1ccc(F)cn1. The van der Waals surface area contributed by atoms with Crippen LogP contribution in [0.2, 0.25) is 0 Å². The fourth-order valence-corrected chi connectivity index (χ4v) is 3.54. The smallest absolute Gasteiger partial charge is 0.265 e. The first-order valence-electron chi connectivity index (χ1n) is 10.8. The summed E-state index contributed by atoms with van der Waals surface area (Å²) in [6.45, 7) is 4.31. The summed E-state index contributed by atoms with van der Waals surface area (Å²) in [4.78, 5) is 34.9. The van der Waals surface area contributed by atoms with E-state index in [0.717, 1.165) is 17.3 Å². The first-order valence-corrected chi connectivity index (χ1v) is 10.8. The second-order valence-electron chi connectivity index (χ2n) is 8.24. The average Bonchev–Trinajstić information content (AvgIpc) is 2.85. The maximum atomic E-state index is 13.3. The molecule has 4 rings (SSSR count). The van der Waals surface area contributed by atoms with Gasteiger partial charge in [0, 0.05) is 18.1 Å². The molecule has 0 bridgehead atoms. The maximum Gasteiger partial charge on any atom is 0.265 e. The van der Waals surface area contributed by atoms with Gasteiger partial charge in [-0.2, -0.15) is 5.26 Å². The number of fused-ring (bicyclic) bond motifs is 1. The molecule has 0 aliphatic rings. The Bertz CT molecular complexity index is 1450. The van der Waals surface area contributed by atoms with Crippen LogP contribution in [-0.2, 0) is 13.1 Å². The predicted molar refractivity (Wildman–Crippen MR) is 126 cm³/mol. The molecule has 0 spiro atoms. The summed E-state index contributed by atoms with van der Waals surface area (Å²) in [6, 6.07) is 15.1. The third-order valence-corrected chi connectivity index (χ3v) is 5.50. The molecule has 0 aliphatic carbocycles. The summed E-state index contributed by atoms with van der Waals surface area (Å²) < 4.78 is 14.7. The van der Waals surface area contributed by atoms with Crippen molar-refractivity contribution in [3.63, 3.8) is 0 Å². The van der Waals surface area contributed by atoms with E-state index >= 15 is 0 Å². The van der Waals surface area contributed by atoms with E-state index in [0.29, 0.717) is 22.3 Å². The second kappa shape index (κ2) is 9.63. The molecule has 3 aromatic heterocycles. The molecule has 4 aromatic rings. The number of rotatable bonds is 6. The molecule has 0 unspecified atom stereocenters. The van der Waals surface area contributed by atoms with Gasteiger partial charge < -0.3 is 5.32 Å². The van der Waals surface area contributed by atoms with Crippen LogP contribution in [-0.4, -0.2) is 20.4 Å². The van der Waals surface area contributed by atoms with E-state index in [1.807, 2.05) is 26.0 Å². The van der Waals surface area contributed by atoms with E-state index in [1.165, 1.54) is 16.7 Å². The van der Waals surface area contributed by atoms with Crippen molar-refractivity contribution in [2.75, 3.05) is 0 Å². The van der Waals surface area contributed by atoms with Crippen LogP contribution >= 0.6 is 0 Å². The third-order valence-electron chi connectivity index (χ3n) is 5.50. The lowest BCUT2D eigenvalue weighted by Gasteiger charge is -2.14. The topological polar surface area (TPSA) is 101 Å². The summed E-state index contributed by atoms with van der Waals surface area (Å²) in [5.74, 6) is -0.784. The predicted octanol–water partition coefficient (Wildman–Crippen LogP) is 3.90. The fourth-order valence-electron chi connectivity index (χ4n) is 3.54. The number of hydrogen-bond donors (Lipinski definition) is 1. The highest BCUT2D eigenvalue weighted by atomic mass is 19.1. The highest BCUT2D eigenvalue weighted by molar-refractivity contribution is 5.97. The highest BCUT2D eigenvalue weighted by Gasteiger charge is 2.18. The van der Waals surface area contributed by atoms with Gasteiger partial charge in [-0.1, -0.05) is 26.0 Å². The van der Waals surface area contributed by atoms with E-state index in [2.05, 4.69) is 15.3 Å². The summed E-state index contributed by atoms with van der Waals surface area (Å²) in [6.07, 6.45) is 2.80. The molecular formula is C26H22FN5O2. The zero-order valence-corrected chi connectivity index (χ0v) is 18.7. The van der Waals surface area contributed by atoms with Crippen LogP contribution in [0.5, 0.6) is 0 Å². The summed E-state index contributed by atoms with van der Waals surface area (Å²) >= 11 is 0. The molecule has 0 aliphatic heterocycles. The van der Waals surface area contributed by atoms with Gasteiger partial charge in [0.2, 0.25) is 0 Å². The fraction of sp³-hybridized carbons (Fsp3) is 0.192. The van der Waals surface area contributed by atoms with Crippen molar-refractivity contribution in [3.8, 4) is 6.07 Å². The van der Waals surface area contributed by atoms with Crippen molar-refractivity contribution in [1.82, 2.24) is 19.9 Å². The van der Waals surface area contributed by atoms with Gasteiger partial charge in [-0.25, -0.2) is 9.37 Å². The molecule has 1 N–H and O–H groups in total. The number of nitriles is 1. The number of pyridine rings is 3. The number of nitrogens with one attached hydrogen (secondary N) is 1. The molecule has 0 fully saturated rings. The van der Waals surface area contributed by atoms with Crippen LogP contribution in [0, 0.1) is 17.1 Å².